The van der Waals surface area contributed by atoms with Crippen LogP contribution in [0, 0.1) is 21.7 Å². The van der Waals surface area contributed by atoms with Gasteiger partial charge in [-0.25, -0.2) is 8.78 Å². The van der Waals surface area contributed by atoms with Crippen LogP contribution in [0.2, 0.25) is 0 Å². The number of carbonyl (C=O) groups is 1. The fourth-order valence-corrected chi connectivity index (χ4v) is 1.50. The molecule has 0 bridgehead atoms. The molecule has 0 aliphatic rings. The number of aldehydes is 1. The second kappa shape index (κ2) is 5.43. The maximum Gasteiger partial charge on any atom is 0.312 e. The standard InChI is InChI=1S/C13H7F2NO4/c14-10-3-2-9(6-11(10)15)20-13-4-1-8(7-17)5-12(13)16(18)19/h1-7H. The second-order valence-electron chi connectivity index (χ2n) is 3.78. The summed E-state index contributed by atoms with van der Waals surface area (Å²) in [4.78, 5) is 20.7. The number of nitrogens with zero attached hydrogens (tertiary/aromatic N) is 1. The summed E-state index contributed by atoms with van der Waals surface area (Å²) in [5, 5.41) is 10.9. The van der Waals surface area contributed by atoms with Crippen molar-refractivity contribution in [1.29, 1.82) is 0 Å². The molecule has 102 valence electrons. The Morgan fingerprint density at radius 2 is 1.85 bits per heavy atom. The first-order valence-electron chi connectivity index (χ1n) is 5.38. The van der Waals surface area contributed by atoms with E-state index in [4.69, 9.17) is 4.74 Å². The lowest BCUT2D eigenvalue weighted by molar-refractivity contribution is -0.385. The molecule has 0 heterocycles. The van der Waals surface area contributed by atoms with Crippen molar-refractivity contribution in [2.24, 2.45) is 0 Å². The van der Waals surface area contributed by atoms with Crippen LogP contribution >= 0.6 is 0 Å². The van der Waals surface area contributed by atoms with Crippen molar-refractivity contribution in [3.63, 3.8) is 0 Å². The number of nitro benzene ring substituents is 1. The van der Waals surface area contributed by atoms with Crippen LogP contribution in [-0.2, 0) is 0 Å². The molecule has 0 atom stereocenters. The molecule has 0 aliphatic carbocycles. The summed E-state index contributed by atoms with van der Waals surface area (Å²) in [5.74, 6) is -2.45. The third-order valence-corrected chi connectivity index (χ3v) is 2.43. The molecule has 2 aromatic carbocycles. The SMILES string of the molecule is O=Cc1ccc(Oc2ccc(F)c(F)c2)c([N+](=O)[O-])c1. The summed E-state index contributed by atoms with van der Waals surface area (Å²) < 4.78 is 30.9. The minimum atomic E-state index is -1.13. The van der Waals surface area contributed by atoms with Crippen molar-refractivity contribution >= 4 is 12.0 Å². The van der Waals surface area contributed by atoms with Gasteiger partial charge in [0, 0.05) is 17.7 Å². The average molecular weight is 279 g/mol. The molecule has 0 saturated carbocycles. The quantitative estimate of drug-likeness (QED) is 0.488. The van der Waals surface area contributed by atoms with Crippen LogP contribution in [-0.4, -0.2) is 11.2 Å². The number of rotatable bonds is 4. The predicted octanol–water partition coefficient (Wildman–Crippen LogP) is 3.48. The van der Waals surface area contributed by atoms with Gasteiger partial charge in [-0.15, -0.1) is 0 Å². The topological polar surface area (TPSA) is 69.4 Å². The molecule has 2 aromatic rings. The molecule has 0 unspecified atom stereocenters. The largest absolute Gasteiger partial charge is 0.450 e. The molecule has 0 aliphatic heterocycles. The summed E-state index contributed by atoms with van der Waals surface area (Å²) in [7, 11) is 0. The smallest absolute Gasteiger partial charge is 0.312 e. The number of hydrogen-bond donors (Lipinski definition) is 0. The highest BCUT2D eigenvalue weighted by Gasteiger charge is 2.17. The monoisotopic (exact) mass is 279 g/mol. The first-order valence-corrected chi connectivity index (χ1v) is 5.38. The summed E-state index contributed by atoms with van der Waals surface area (Å²) in [6.07, 6.45) is 0.453. The first kappa shape index (κ1) is 13.6. The van der Waals surface area contributed by atoms with E-state index in [2.05, 4.69) is 0 Å². The van der Waals surface area contributed by atoms with Crippen molar-refractivity contribution in [2.75, 3.05) is 0 Å². The number of halogens is 2. The van der Waals surface area contributed by atoms with Gasteiger partial charge in [0.15, 0.2) is 11.6 Å². The molecule has 0 N–H and O–H groups in total. The van der Waals surface area contributed by atoms with Gasteiger partial charge < -0.3 is 4.74 Å². The molecule has 7 heteroatoms. The number of hydrogen-bond acceptors (Lipinski definition) is 4. The van der Waals surface area contributed by atoms with E-state index in [0.29, 0.717) is 6.29 Å². The Hall–Kier alpha value is -2.83. The lowest BCUT2D eigenvalue weighted by Gasteiger charge is -2.07. The van der Waals surface area contributed by atoms with Crippen molar-refractivity contribution in [1.82, 2.24) is 0 Å². The van der Waals surface area contributed by atoms with Crippen molar-refractivity contribution < 1.29 is 23.2 Å². The number of nitro groups is 1. The van der Waals surface area contributed by atoms with Gasteiger partial charge in [0.1, 0.15) is 12.0 Å². The Balaban J connectivity index is 2.39. The van der Waals surface area contributed by atoms with Crippen molar-refractivity contribution in [2.45, 2.75) is 0 Å². The lowest BCUT2D eigenvalue weighted by Crippen LogP contribution is -1.95. The van der Waals surface area contributed by atoms with Crippen LogP contribution in [0.1, 0.15) is 10.4 Å². The Morgan fingerprint density at radius 3 is 2.45 bits per heavy atom. The van der Waals surface area contributed by atoms with E-state index >= 15 is 0 Å². The fraction of sp³-hybridized carbons (Fsp3) is 0. The number of carbonyl (C=O) groups excluding carboxylic acids is 1. The van der Waals surface area contributed by atoms with Crippen LogP contribution in [0.15, 0.2) is 36.4 Å². The van der Waals surface area contributed by atoms with Crippen LogP contribution in [0.3, 0.4) is 0 Å². The first-order chi connectivity index (χ1) is 9.51. The molecule has 2 rings (SSSR count). The van der Waals surface area contributed by atoms with E-state index in [1.165, 1.54) is 12.1 Å². The second-order valence-corrected chi connectivity index (χ2v) is 3.78. The van der Waals surface area contributed by atoms with Gasteiger partial charge in [0.25, 0.3) is 0 Å². The minimum absolute atomic E-state index is 0.0918. The van der Waals surface area contributed by atoms with Crippen LogP contribution in [0.4, 0.5) is 14.5 Å². The van der Waals surface area contributed by atoms with Crippen LogP contribution < -0.4 is 4.74 Å². The van der Waals surface area contributed by atoms with Gasteiger partial charge in [-0.05, 0) is 24.3 Å². The highest BCUT2D eigenvalue weighted by Crippen LogP contribution is 2.32. The van der Waals surface area contributed by atoms with E-state index in [1.54, 1.807) is 0 Å². The highest BCUT2D eigenvalue weighted by atomic mass is 19.2. The van der Waals surface area contributed by atoms with E-state index in [9.17, 15) is 23.7 Å². The highest BCUT2D eigenvalue weighted by molar-refractivity contribution is 5.77. The van der Waals surface area contributed by atoms with Crippen LogP contribution in [0.5, 0.6) is 11.5 Å². The Morgan fingerprint density at radius 1 is 1.10 bits per heavy atom. The molecule has 0 aromatic heterocycles. The van der Waals surface area contributed by atoms with E-state index in [-0.39, 0.29) is 17.1 Å². The molecule has 0 spiro atoms. The molecule has 0 radical (unpaired) electrons. The van der Waals surface area contributed by atoms with Crippen molar-refractivity contribution in [3.05, 3.63) is 63.7 Å². The third kappa shape index (κ3) is 2.77. The molecule has 0 saturated heterocycles. The van der Waals surface area contributed by atoms with Gasteiger partial charge in [-0.1, -0.05) is 0 Å². The van der Waals surface area contributed by atoms with Gasteiger partial charge >= 0.3 is 5.69 Å². The summed E-state index contributed by atoms with van der Waals surface area (Å²) in [5.41, 5.74) is -0.339. The Labute approximate surface area is 111 Å². The van der Waals surface area contributed by atoms with E-state index in [1.807, 2.05) is 0 Å². The maximum absolute atomic E-state index is 13.0. The van der Waals surface area contributed by atoms with Crippen molar-refractivity contribution in [3.8, 4) is 11.5 Å². The minimum Gasteiger partial charge on any atom is -0.450 e. The van der Waals surface area contributed by atoms with Gasteiger partial charge in [0.05, 0.1) is 4.92 Å². The maximum atomic E-state index is 13.0. The molecular formula is C13H7F2NO4. The summed E-state index contributed by atoms with van der Waals surface area (Å²) in [6, 6.07) is 6.30. The summed E-state index contributed by atoms with van der Waals surface area (Å²) >= 11 is 0. The van der Waals surface area contributed by atoms with E-state index in [0.717, 1.165) is 24.3 Å². The lowest BCUT2D eigenvalue weighted by atomic mass is 10.2. The van der Waals surface area contributed by atoms with Gasteiger partial charge in [0.2, 0.25) is 5.75 Å². The fourth-order valence-electron chi connectivity index (χ4n) is 1.50. The molecule has 5 nitrogen and oxygen atoms in total. The third-order valence-electron chi connectivity index (χ3n) is 2.43. The van der Waals surface area contributed by atoms with Gasteiger partial charge in [-0.2, -0.15) is 0 Å². The van der Waals surface area contributed by atoms with E-state index < -0.39 is 22.2 Å². The zero-order valence-electron chi connectivity index (χ0n) is 9.88. The zero-order chi connectivity index (χ0) is 14.7. The van der Waals surface area contributed by atoms with Crippen LogP contribution in [0.25, 0.3) is 0 Å². The molecule has 0 fully saturated rings. The average Bonchev–Trinajstić information content (AvgIpc) is 2.43. The zero-order valence-corrected chi connectivity index (χ0v) is 9.88. The summed E-state index contributed by atoms with van der Waals surface area (Å²) in [6.45, 7) is 0. The molecule has 0 amide bonds. The Bertz CT molecular complexity index is 688. The normalized spacial score (nSPS) is 10.1. The number of ether oxygens (including phenoxy) is 1. The molecule has 20 heavy (non-hydrogen) atoms. The molecular weight excluding hydrogens is 272 g/mol. The predicted molar refractivity (Wildman–Crippen MR) is 64.9 cm³/mol. The van der Waals surface area contributed by atoms with Gasteiger partial charge in [-0.3, -0.25) is 14.9 Å². The number of benzene rings is 2. The Kier molecular flexibility index (Phi) is 3.69.